The fraction of sp³-hybridized carbons (Fsp3) is 0.462. The molecular weight excluding hydrogens is 362 g/mol. The van der Waals surface area contributed by atoms with Crippen LogP contribution in [0.5, 0.6) is 5.75 Å². The van der Waals surface area contributed by atoms with Crippen LogP contribution in [0, 0.1) is 5.92 Å². The highest BCUT2D eigenvalue weighted by Crippen LogP contribution is 2.28. The first-order chi connectivity index (χ1) is 9.69. The molecule has 21 heavy (non-hydrogen) atoms. The number of hydrogen-bond acceptors (Lipinski definition) is 4. The minimum Gasteiger partial charge on any atom is -0.493 e. The summed E-state index contributed by atoms with van der Waals surface area (Å²) in [6, 6.07) is 3.09. The molecule has 0 radical (unpaired) electrons. The lowest BCUT2D eigenvalue weighted by molar-refractivity contribution is -0.140. The number of benzene rings is 1. The Hall–Kier alpha value is -1.12. The molecule has 0 heterocycles. The summed E-state index contributed by atoms with van der Waals surface area (Å²) in [6.07, 6.45) is 0. The van der Waals surface area contributed by atoms with Crippen LogP contribution in [0.2, 0.25) is 0 Å². The summed E-state index contributed by atoms with van der Waals surface area (Å²) < 4.78 is 32.5. The molecule has 0 aromatic heterocycles. The van der Waals surface area contributed by atoms with Gasteiger partial charge in [-0.2, -0.15) is 4.72 Å². The van der Waals surface area contributed by atoms with Crippen LogP contribution in [0.3, 0.4) is 0 Å². The number of ether oxygens (including phenoxy) is 1. The summed E-state index contributed by atoms with van der Waals surface area (Å²) >= 11 is 3.23. The Balaban J connectivity index is 3.08. The van der Waals surface area contributed by atoms with Gasteiger partial charge in [0.1, 0.15) is 11.8 Å². The highest BCUT2D eigenvalue weighted by molar-refractivity contribution is 9.10. The minimum absolute atomic E-state index is 0.0234. The van der Waals surface area contributed by atoms with Gasteiger partial charge in [0.2, 0.25) is 10.0 Å². The summed E-state index contributed by atoms with van der Waals surface area (Å²) in [6.45, 7) is 5.54. The second-order valence-electron chi connectivity index (χ2n) is 4.71. The standard InChI is InChI=1S/C13H18BrNO5S/c1-4-20-11-6-5-9(7-10(11)14)21(18,19)15-12(8(2)3)13(16)17/h5-8,12,15H,4H2,1-3H3,(H,16,17)/t12-/m1/s1. The van der Waals surface area contributed by atoms with Crippen molar-refractivity contribution in [3.8, 4) is 5.75 Å². The molecule has 1 atom stereocenters. The molecule has 0 bridgehead atoms. The van der Waals surface area contributed by atoms with Gasteiger partial charge in [0.05, 0.1) is 16.0 Å². The number of aliphatic carboxylic acids is 1. The maximum absolute atomic E-state index is 12.2. The largest absolute Gasteiger partial charge is 0.493 e. The normalized spacial score (nSPS) is 13.2. The van der Waals surface area contributed by atoms with Crippen molar-refractivity contribution in [2.24, 2.45) is 5.92 Å². The summed E-state index contributed by atoms with van der Waals surface area (Å²) in [5, 5.41) is 9.07. The summed E-state index contributed by atoms with van der Waals surface area (Å²) in [5.41, 5.74) is 0. The average molecular weight is 380 g/mol. The highest BCUT2D eigenvalue weighted by Gasteiger charge is 2.28. The van der Waals surface area contributed by atoms with Crippen LogP contribution >= 0.6 is 15.9 Å². The topological polar surface area (TPSA) is 92.7 Å². The van der Waals surface area contributed by atoms with Crippen molar-refractivity contribution in [3.05, 3.63) is 22.7 Å². The summed E-state index contributed by atoms with van der Waals surface area (Å²) in [7, 11) is -3.92. The minimum atomic E-state index is -3.92. The molecule has 0 unspecified atom stereocenters. The number of hydrogen-bond donors (Lipinski definition) is 2. The zero-order valence-electron chi connectivity index (χ0n) is 12.0. The Morgan fingerprint density at radius 3 is 2.48 bits per heavy atom. The molecule has 0 spiro atoms. The highest BCUT2D eigenvalue weighted by atomic mass is 79.9. The molecule has 2 N–H and O–H groups in total. The molecule has 0 aliphatic rings. The Morgan fingerprint density at radius 1 is 1.43 bits per heavy atom. The molecule has 0 saturated carbocycles. The van der Waals surface area contributed by atoms with Crippen LogP contribution in [0.25, 0.3) is 0 Å². The van der Waals surface area contributed by atoms with E-state index >= 15 is 0 Å². The van der Waals surface area contributed by atoms with Crippen LogP contribution in [0.4, 0.5) is 0 Å². The van der Waals surface area contributed by atoms with E-state index < -0.39 is 22.0 Å². The van der Waals surface area contributed by atoms with Gasteiger partial charge in [0, 0.05) is 0 Å². The van der Waals surface area contributed by atoms with Crippen molar-refractivity contribution < 1.29 is 23.1 Å². The number of sulfonamides is 1. The smallest absolute Gasteiger partial charge is 0.322 e. The Labute approximate surface area is 132 Å². The van der Waals surface area contributed by atoms with Gasteiger partial charge in [-0.15, -0.1) is 0 Å². The van der Waals surface area contributed by atoms with E-state index in [-0.39, 0.29) is 10.8 Å². The molecular formula is C13H18BrNO5S. The van der Waals surface area contributed by atoms with E-state index in [0.29, 0.717) is 16.8 Å². The van der Waals surface area contributed by atoms with Gasteiger partial charge in [-0.1, -0.05) is 13.8 Å². The van der Waals surface area contributed by atoms with Crippen LogP contribution < -0.4 is 9.46 Å². The summed E-state index contributed by atoms with van der Waals surface area (Å²) in [5.74, 6) is -1.06. The van der Waals surface area contributed by atoms with Crippen molar-refractivity contribution in [3.63, 3.8) is 0 Å². The van der Waals surface area contributed by atoms with Crippen molar-refractivity contribution in [2.45, 2.75) is 31.7 Å². The first-order valence-electron chi connectivity index (χ1n) is 6.36. The Morgan fingerprint density at radius 2 is 2.05 bits per heavy atom. The maximum atomic E-state index is 12.2. The van der Waals surface area contributed by atoms with Gasteiger partial charge in [-0.05, 0) is 47.0 Å². The third-order valence-corrected chi connectivity index (χ3v) is 4.79. The fourth-order valence-corrected chi connectivity index (χ4v) is 3.64. The number of rotatable bonds is 7. The van der Waals surface area contributed by atoms with Gasteiger partial charge < -0.3 is 9.84 Å². The van der Waals surface area contributed by atoms with Gasteiger partial charge in [-0.3, -0.25) is 4.79 Å². The molecule has 6 nitrogen and oxygen atoms in total. The number of halogens is 1. The van der Waals surface area contributed by atoms with Gasteiger partial charge in [0.15, 0.2) is 0 Å². The lowest BCUT2D eigenvalue weighted by Gasteiger charge is -2.18. The predicted molar refractivity (Wildman–Crippen MR) is 81.9 cm³/mol. The van der Waals surface area contributed by atoms with Crippen molar-refractivity contribution in [2.75, 3.05) is 6.61 Å². The SMILES string of the molecule is CCOc1ccc(S(=O)(=O)N[C@@H](C(=O)O)C(C)C)cc1Br. The van der Waals surface area contributed by atoms with Crippen LogP contribution in [0.1, 0.15) is 20.8 Å². The van der Waals surface area contributed by atoms with Gasteiger partial charge >= 0.3 is 5.97 Å². The third kappa shape index (κ3) is 4.69. The second kappa shape index (κ2) is 7.24. The van der Waals surface area contributed by atoms with Crippen LogP contribution in [-0.2, 0) is 14.8 Å². The molecule has 1 aromatic carbocycles. The molecule has 0 amide bonds. The number of carboxylic acid groups (broad SMARTS) is 1. The molecule has 0 aliphatic heterocycles. The van der Waals surface area contributed by atoms with E-state index in [1.54, 1.807) is 13.8 Å². The lowest BCUT2D eigenvalue weighted by Crippen LogP contribution is -2.44. The number of carboxylic acids is 1. The average Bonchev–Trinajstić information content (AvgIpc) is 2.38. The second-order valence-corrected chi connectivity index (χ2v) is 7.27. The molecule has 0 saturated heterocycles. The molecule has 8 heteroatoms. The molecule has 0 fully saturated rings. The van der Waals surface area contributed by atoms with Crippen molar-refractivity contribution in [1.82, 2.24) is 4.72 Å². The first-order valence-corrected chi connectivity index (χ1v) is 8.64. The fourth-order valence-electron chi connectivity index (χ4n) is 1.63. The lowest BCUT2D eigenvalue weighted by atomic mass is 10.1. The first kappa shape index (κ1) is 17.9. The van der Waals surface area contributed by atoms with E-state index in [0.717, 1.165) is 0 Å². The molecule has 1 rings (SSSR count). The zero-order valence-corrected chi connectivity index (χ0v) is 14.4. The predicted octanol–water partition coefficient (Wildman–Crippen LogP) is 2.24. The van der Waals surface area contributed by atoms with E-state index in [1.807, 2.05) is 6.92 Å². The quantitative estimate of drug-likeness (QED) is 0.757. The van der Waals surface area contributed by atoms with E-state index in [2.05, 4.69) is 20.7 Å². The van der Waals surface area contributed by atoms with Crippen LogP contribution in [0.15, 0.2) is 27.6 Å². The Kier molecular flexibility index (Phi) is 6.18. The van der Waals surface area contributed by atoms with E-state index in [9.17, 15) is 13.2 Å². The molecule has 118 valence electrons. The molecule has 1 aromatic rings. The summed E-state index contributed by atoms with van der Waals surface area (Å²) in [4.78, 5) is 11.1. The monoisotopic (exact) mass is 379 g/mol. The third-order valence-electron chi connectivity index (χ3n) is 2.73. The molecule has 0 aliphatic carbocycles. The zero-order chi connectivity index (χ0) is 16.2. The number of nitrogens with one attached hydrogen (secondary N) is 1. The van der Waals surface area contributed by atoms with Crippen molar-refractivity contribution >= 4 is 31.9 Å². The van der Waals surface area contributed by atoms with Crippen molar-refractivity contribution in [1.29, 1.82) is 0 Å². The van der Waals surface area contributed by atoms with E-state index in [1.165, 1.54) is 18.2 Å². The van der Waals surface area contributed by atoms with Gasteiger partial charge in [0.25, 0.3) is 0 Å². The van der Waals surface area contributed by atoms with E-state index in [4.69, 9.17) is 9.84 Å². The van der Waals surface area contributed by atoms with Crippen LogP contribution in [-0.4, -0.2) is 32.1 Å². The number of carbonyl (C=O) groups is 1. The van der Waals surface area contributed by atoms with Gasteiger partial charge in [-0.25, -0.2) is 8.42 Å². The maximum Gasteiger partial charge on any atom is 0.322 e. The Bertz CT molecular complexity index is 615.